The summed E-state index contributed by atoms with van der Waals surface area (Å²) in [7, 11) is 1.99. The molecule has 5 heteroatoms. The largest absolute Gasteiger partial charge is 0.396 e. The zero-order valence-electron chi connectivity index (χ0n) is 11.0. The lowest BCUT2D eigenvalue weighted by Crippen LogP contribution is -2.52. The van der Waals surface area contributed by atoms with E-state index in [0.29, 0.717) is 25.2 Å². The molecular formula is C14H19BrFNO2. The van der Waals surface area contributed by atoms with Crippen LogP contribution in [0, 0.1) is 11.2 Å². The van der Waals surface area contributed by atoms with Crippen molar-refractivity contribution in [3.05, 3.63) is 34.1 Å². The number of hydrogen-bond donors (Lipinski definition) is 1. The monoisotopic (exact) mass is 331 g/mol. The van der Waals surface area contributed by atoms with E-state index in [2.05, 4.69) is 20.8 Å². The molecule has 1 heterocycles. The third-order valence-corrected chi connectivity index (χ3v) is 4.02. The van der Waals surface area contributed by atoms with Gasteiger partial charge in [-0.05, 0) is 37.2 Å². The van der Waals surface area contributed by atoms with Crippen LogP contribution in [-0.4, -0.2) is 50.0 Å². The molecule has 1 fully saturated rings. The third kappa shape index (κ3) is 3.75. The van der Waals surface area contributed by atoms with Crippen molar-refractivity contribution in [3.63, 3.8) is 0 Å². The van der Waals surface area contributed by atoms with Crippen molar-refractivity contribution < 1.29 is 14.2 Å². The molecule has 106 valence electrons. The predicted octanol–water partition coefficient (Wildman–Crippen LogP) is 2.07. The van der Waals surface area contributed by atoms with Gasteiger partial charge in [0, 0.05) is 17.6 Å². The van der Waals surface area contributed by atoms with Crippen molar-refractivity contribution in [1.82, 2.24) is 4.90 Å². The molecule has 3 nitrogen and oxygen atoms in total. The van der Waals surface area contributed by atoms with Crippen molar-refractivity contribution in [1.29, 1.82) is 0 Å². The number of benzene rings is 1. The van der Waals surface area contributed by atoms with E-state index in [1.54, 1.807) is 6.07 Å². The highest BCUT2D eigenvalue weighted by atomic mass is 79.9. The summed E-state index contributed by atoms with van der Waals surface area (Å²) in [6.45, 7) is 2.90. The van der Waals surface area contributed by atoms with Gasteiger partial charge in [-0.25, -0.2) is 4.39 Å². The molecule has 1 aliphatic rings. The highest BCUT2D eigenvalue weighted by Gasteiger charge is 2.38. The first-order valence-electron chi connectivity index (χ1n) is 6.36. The Kier molecular flexibility index (Phi) is 4.95. The van der Waals surface area contributed by atoms with Gasteiger partial charge < -0.3 is 14.7 Å². The van der Waals surface area contributed by atoms with Crippen LogP contribution in [0.5, 0.6) is 0 Å². The Morgan fingerprint density at radius 2 is 2.21 bits per heavy atom. The number of ether oxygens (including phenoxy) is 1. The van der Waals surface area contributed by atoms with Gasteiger partial charge in [-0.15, -0.1) is 0 Å². The SMILES string of the molecule is CN(CCc1cc(Br)ccc1F)CC1(CO)COC1. The van der Waals surface area contributed by atoms with E-state index in [0.717, 1.165) is 17.6 Å². The van der Waals surface area contributed by atoms with Crippen LogP contribution >= 0.6 is 15.9 Å². The molecule has 1 aromatic rings. The minimum Gasteiger partial charge on any atom is -0.396 e. The second kappa shape index (κ2) is 6.31. The summed E-state index contributed by atoms with van der Waals surface area (Å²) in [5.74, 6) is -0.166. The van der Waals surface area contributed by atoms with E-state index in [1.165, 1.54) is 6.07 Å². The minimum absolute atomic E-state index is 0.120. The quantitative estimate of drug-likeness (QED) is 0.866. The standard InChI is InChI=1S/C14H19BrFNO2/c1-17(7-14(8-18)9-19-10-14)5-4-11-6-12(15)2-3-13(11)16/h2-3,6,18H,4-5,7-10H2,1H3. The Labute approximate surface area is 121 Å². The fourth-order valence-corrected chi connectivity index (χ4v) is 2.73. The highest BCUT2D eigenvalue weighted by Crippen LogP contribution is 2.27. The fraction of sp³-hybridized carbons (Fsp3) is 0.571. The second-order valence-electron chi connectivity index (χ2n) is 5.37. The van der Waals surface area contributed by atoms with E-state index in [4.69, 9.17) is 4.74 Å². The smallest absolute Gasteiger partial charge is 0.126 e. The van der Waals surface area contributed by atoms with E-state index in [1.807, 2.05) is 13.1 Å². The Morgan fingerprint density at radius 1 is 1.47 bits per heavy atom. The van der Waals surface area contributed by atoms with Crippen LogP contribution in [0.2, 0.25) is 0 Å². The van der Waals surface area contributed by atoms with Gasteiger partial charge in [0.15, 0.2) is 0 Å². The lowest BCUT2D eigenvalue weighted by molar-refractivity contribution is -0.146. The molecule has 1 N–H and O–H groups in total. The van der Waals surface area contributed by atoms with Crippen LogP contribution in [0.25, 0.3) is 0 Å². The lowest BCUT2D eigenvalue weighted by atomic mass is 9.86. The molecule has 0 unspecified atom stereocenters. The summed E-state index contributed by atoms with van der Waals surface area (Å²) >= 11 is 3.35. The van der Waals surface area contributed by atoms with Gasteiger partial charge in [0.2, 0.25) is 0 Å². The van der Waals surface area contributed by atoms with Crippen molar-refractivity contribution in [2.45, 2.75) is 6.42 Å². The maximum absolute atomic E-state index is 13.6. The Bertz CT molecular complexity index is 432. The molecule has 0 bridgehead atoms. The number of likely N-dealkylation sites (N-methyl/N-ethyl adjacent to an activating group) is 1. The molecule has 0 spiro atoms. The van der Waals surface area contributed by atoms with Gasteiger partial charge in [0.1, 0.15) is 5.82 Å². The van der Waals surface area contributed by atoms with Gasteiger partial charge >= 0.3 is 0 Å². The molecule has 0 aliphatic carbocycles. The molecule has 0 saturated carbocycles. The van der Waals surface area contributed by atoms with Gasteiger partial charge in [-0.2, -0.15) is 0 Å². The first-order valence-corrected chi connectivity index (χ1v) is 7.15. The molecule has 2 rings (SSSR count). The van der Waals surface area contributed by atoms with Crippen molar-refractivity contribution in [2.24, 2.45) is 5.41 Å². The zero-order valence-corrected chi connectivity index (χ0v) is 12.6. The molecule has 1 saturated heterocycles. The molecule has 1 aromatic carbocycles. The van der Waals surface area contributed by atoms with E-state index in [-0.39, 0.29) is 17.8 Å². The highest BCUT2D eigenvalue weighted by molar-refractivity contribution is 9.10. The first-order chi connectivity index (χ1) is 9.04. The first kappa shape index (κ1) is 14.9. The second-order valence-corrected chi connectivity index (χ2v) is 6.29. The number of aliphatic hydroxyl groups excluding tert-OH is 1. The van der Waals surface area contributed by atoms with Crippen LogP contribution < -0.4 is 0 Å². The Balaban J connectivity index is 1.86. The van der Waals surface area contributed by atoms with E-state index >= 15 is 0 Å². The average Bonchev–Trinajstić information content (AvgIpc) is 2.35. The van der Waals surface area contributed by atoms with E-state index < -0.39 is 0 Å². The molecule has 19 heavy (non-hydrogen) atoms. The molecule has 1 aliphatic heterocycles. The predicted molar refractivity (Wildman–Crippen MR) is 75.6 cm³/mol. The third-order valence-electron chi connectivity index (χ3n) is 3.53. The van der Waals surface area contributed by atoms with Gasteiger partial charge in [0.25, 0.3) is 0 Å². The zero-order chi connectivity index (χ0) is 13.9. The lowest BCUT2D eigenvalue weighted by Gasteiger charge is -2.42. The van der Waals surface area contributed by atoms with Crippen molar-refractivity contribution in [2.75, 3.05) is 40.0 Å². The topological polar surface area (TPSA) is 32.7 Å². The van der Waals surface area contributed by atoms with Crippen molar-refractivity contribution >= 4 is 15.9 Å². The maximum Gasteiger partial charge on any atom is 0.126 e. The molecule has 0 atom stereocenters. The number of aliphatic hydroxyl groups is 1. The fourth-order valence-electron chi connectivity index (χ4n) is 2.32. The van der Waals surface area contributed by atoms with Gasteiger partial charge in [-0.3, -0.25) is 0 Å². The molecular weight excluding hydrogens is 313 g/mol. The average molecular weight is 332 g/mol. The van der Waals surface area contributed by atoms with Gasteiger partial charge in [-0.1, -0.05) is 15.9 Å². The maximum atomic E-state index is 13.6. The van der Waals surface area contributed by atoms with Crippen LogP contribution in [0.4, 0.5) is 4.39 Å². The molecule has 0 radical (unpaired) electrons. The summed E-state index contributed by atoms with van der Waals surface area (Å²) in [6, 6.07) is 5.00. The minimum atomic E-state index is -0.166. The number of nitrogens with zero attached hydrogens (tertiary/aromatic N) is 1. The number of hydrogen-bond acceptors (Lipinski definition) is 3. The van der Waals surface area contributed by atoms with E-state index in [9.17, 15) is 9.50 Å². The number of rotatable bonds is 6. The Morgan fingerprint density at radius 3 is 2.79 bits per heavy atom. The summed E-state index contributed by atoms with van der Waals surface area (Å²) in [6.07, 6.45) is 0.657. The Hall–Kier alpha value is -0.490. The van der Waals surface area contributed by atoms with Gasteiger partial charge in [0.05, 0.1) is 25.2 Å². The van der Waals surface area contributed by atoms with Crippen LogP contribution in [-0.2, 0) is 11.2 Å². The summed E-state index contributed by atoms with van der Waals surface area (Å²) in [5.41, 5.74) is 0.592. The molecule has 0 amide bonds. The normalized spacial score (nSPS) is 17.5. The summed E-state index contributed by atoms with van der Waals surface area (Å²) in [5, 5.41) is 9.38. The van der Waals surface area contributed by atoms with Crippen molar-refractivity contribution in [3.8, 4) is 0 Å². The van der Waals surface area contributed by atoms with Crippen LogP contribution in [0.15, 0.2) is 22.7 Å². The number of halogens is 2. The summed E-state index contributed by atoms with van der Waals surface area (Å²) in [4.78, 5) is 2.12. The van der Waals surface area contributed by atoms with Crippen LogP contribution in [0.1, 0.15) is 5.56 Å². The van der Waals surface area contributed by atoms with Crippen LogP contribution in [0.3, 0.4) is 0 Å². The summed E-state index contributed by atoms with van der Waals surface area (Å²) < 4.78 is 19.7. The molecule has 0 aromatic heterocycles.